The lowest BCUT2D eigenvalue weighted by Crippen LogP contribution is -2.67. The molecular formula is C10H19N3OS. The minimum atomic E-state index is -0.346. The molecule has 86 valence electrons. The van der Waals surface area contributed by atoms with Gasteiger partial charge in [-0.25, -0.2) is 0 Å². The van der Waals surface area contributed by atoms with E-state index in [1.54, 1.807) is 0 Å². The quantitative estimate of drug-likeness (QED) is 0.691. The highest BCUT2D eigenvalue weighted by atomic mass is 32.2. The highest BCUT2D eigenvalue weighted by Crippen LogP contribution is 2.39. The van der Waals surface area contributed by atoms with E-state index in [1.807, 2.05) is 30.5 Å². The molecule has 2 aliphatic heterocycles. The van der Waals surface area contributed by atoms with Gasteiger partial charge in [0, 0.05) is 25.4 Å². The van der Waals surface area contributed by atoms with E-state index in [9.17, 15) is 4.79 Å². The lowest BCUT2D eigenvalue weighted by molar-refractivity contribution is -0.137. The van der Waals surface area contributed by atoms with E-state index in [0.29, 0.717) is 0 Å². The van der Waals surface area contributed by atoms with Crippen LogP contribution in [0.5, 0.6) is 0 Å². The largest absolute Gasteiger partial charge is 0.323 e. The zero-order valence-corrected chi connectivity index (χ0v) is 10.1. The van der Waals surface area contributed by atoms with Crippen LogP contribution in [0.2, 0.25) is 0 Å². The van der Waals surface area contributed by atoms with Crippen LogP contribution in [-0.4, -0.2) is 47.1 Å². The van der Waals surface area contributed by atoms with E-state index >= 15 is 0 Å². The maximum absolute atomic E-state index is 12.2. The second kappa shape index (κ2) is 3.96. The van der Waals surface area contributed by atoms with Gasteiger partial charge in [-0.05, 0) is 5.92 Å². The molecule has 1 amide bonds. The van der Waals surface area contributed by atoms with Gasteiger partial charge in [0.25, 0.3) is 0 Å². The van der Waals surface area contributed by atoms with E-state index in [1.165, 1.54) is 0 Å². The summed E-state index contributed by atoms with van der Waals surface area (Å²) in [5.41, 5.74) is 5.92. The average molecular weight is 229 g/mol. The van der Waals surface area contributed by atoms with Crippen LogP contribution < -0.4 is 11.1 Å². The number of carbonyl (C=O) groups excluding carboxylic acids is 1. The molecule has 1 atom stereocenters. The molecular weight excluding hydrogens is 210 g/mol. The summed E-state index contributed by atoms with van der Waals surface area (Å²) in [7, 11) is 0. The topological polar surface area (TPSA) is 58.4 Å². The summed E-state index contributed by atoms with van der Waals surface area (Å²) in [5.74, 6) is 1.38. The molecule has 2 saturated heterocycles. The SMILES string of the molecule is CC(C)[C@H](N)C(=O)N1CCSC12CNC2. The summed E-state index contributed by atoms with van der Waals surface area (Å²) < 4.78 is 0. The lowest BCUT2D eigenvalue weighted by Gasteiger charge is -2.46. The minimum absolute atomic E-state index is 0.0313. The fraction of sp³-hybridized carbons (Fsp3) is 0.900. The molecule has 0 saturated carbocycles. The van der Waals surface area contributed by atoms with Crippen molar-refractivity contribution < 1.29 is 4.79 Å². The molecule has 0 aromatic rings. The van der Waals surface area contributed by atoms with Crippen LogP contribution in [0.4, 0.5) is 0 Å². The Morgan fingerprint density at radius 3 is 2.67 bits per heavy atom. The second-order valence-corrected chi connectivity index (χ2v) is 6.11. The Morgan fingerprint density at radius 2 is 2.20 bits per heavy atom. The fourth-order valence-electron chi connectivity index (χ4n) is 2.02. The Kier molecular flexibility index (Phi) is 2.96. The normalized spacial score (nSPS) is 25.7. The van der Waals surface area contributed by atoms with Gasteiger partial charge >= 0.3 is 0 Å². The van der Waals surface area contributed by atoms with Gasteiger partial charge in [-0.1, -0.05) is 13.8 Å². The van der Waals surface area contributed by atoms with Crippen LogP contribution >= 0.6 is 11.8 Å². The van der Waals surface area contributed by atoms with Crippen molar-refractivity contribution in [1.29, 1.82) is 0 Å². The van der Waals surface area contributed by atoms with Gasteiger partial charge in [-0.2, -0.15) is 0 Å². The van der Waals surface area contributed by atoms with Crippen LogP contribution in [0, 0.1) is 5.92 Å². The molecule has 2 fully saturated rings. The van der Waals surface area contributed by atoms with Crippen molar-refractivity contribution in [3.63, 3.8) is 0 Å². The van der Waals surface area contributed by atoms with Gasteiger partial charge in [0.1, 0.15) is 4.87 Å². The standard InChI is InChI=1S/C10H19N3OS/c1-7(2)8(11)9(14)13-3-4-15-10(13)5-12-6-10/h7-8,12H,3-6,11H2,1-2H3/t8-/m0/s1. The molecule has 3 N–H and O–H groups in total. The molecule has 0 aliphatic carbocycles. The zero-order chi connectivity index (χ0) is 11.1. The second-order valence-electron chi connectivity index (χ2n) is 4.66. The Labute approximate surface area is 94.9 Å². The first kappa shape index (κ1) is 11.2. The van der Waals surface area contributed by atoms with Gasteiger partial charge in [0.2, 0.25) is 5.91 Å². The van der Waals surface area contributed by atoms with Crippen LogP contribution in [0.25, 0.3) is 0 Å². The molecule has 2 heterocycles. The third-order valence-corrected chi connectivity index (χ3v) is 4.68. The summed E-state index contributed by atoms with van der Waals surface area (Å²) >= 11 is 1.88. The number of nitrogens with one attached hydrogen (secondary N) is 1. The third kappa shape index (κ3) is 1.77. The summed E-state index contributed by atoms with van der Waals surface area (Å²) in [5, 5.41) is 3.24. The van der Waals surface area contributed by atoms with Gasteiger partial charge in [0.15, 0.2) is 0 Å². The molecule has 0 aromatic heterocycles. The fourth-order valence-corrected chi connectivity index (χ4v) is 3.42. The highest BCUT2D eigenvalue weighted by Gasteiger charge is 2.49. The molecule has 1 spiro atoms. The van der Waals surface area contributed by atoms with Crippen molar-refractivity contribution in [2.75, 3.05) is 25.4 Å². The number of thioether (sulfide) groups is 1. The van der Waals surface area contributed by atoms with E-state index in [-0.39, 0.29) is 22.7 Å². The summed E-state index contributed by atoms with van der Waals surface area (Å²) in [4.78, 5) is 14.2. The smallest absolute Gasteiger partial charge is 0.240 e. The van der Waals surface area contributed by atoms with Crippen molar-refractivity contribution in [2.45, 2.75) is 24.8 Å². The minimum Gasteiger partial charge on any atom is -0.323 e. The first-order chi connectivity index (χ1) is 7.07. The number of amides is 1. The predicted octanol–water partition coefficient (Wildman–Crippen LogP) is -0.155. The molecule has 0 bridgehead atoms. The number of rotatable bonds is 2. The number of hydrogen-bond donors (Lipinski definition) is 2. The van der Waals surface area contributed by atoms with Crippen molar-refractivity contribution in [3.05, 3.63) is 0 Å². The molecule has 4 nitrogen and oxygen atoms in total. The van der Waals surface area contributed by atoms with Gasteiger partial charge in [-0.3, -0.25) is 4.79 Å². The zero-order valence-electron chi connectivity index (χ0n) is 9.32. The Bertz CT molecular complexity index is 265. The molecule has 0 aromatic carbocycles. The molecule has 0 unspecified atom stereocenters. The van der Waals surface area contributed by atoms with Crippen LogP contribution in [0.1, 0.15) is 13.8 Å². The van der Waals surface area contributed by atoms with Crippen LogP contribution in [0.15, 0.2) is 0 Å². The van der Waals surface area contributed by atoms with E-state index in [4.69, 9.17) is 5.73 Å². The first-order valence-electron chi connectivity index (χ1n) is 5.48. The Balaban J connectivity index is 2.06. The summed E-state index contributed by atoms with van der Waals surface area (Å²) in [6, 6.07) is -0.346. The van der Waals surface area contributed by atoms with Crippen LogP contribution in [-0.2, 0) is 4.79 Å². The number of nitrogens with two attached hydrogens (primary N) is 1. The molecule has 0 radical (unpaired) electrons. The van der Waals surface area contributed by atoms with Gasteiger partial charge in [-0.15, -0.1) is 11.8 Å². The molecule has 2 aliphatic rings. The maximum atomic E-state index is 12.2. The Morgan fingerprint density at radius 1 is 1.53 bits per heavy atom. The maximum Gasteiger partial charge on any atom is 0.240 e. The average Bonchev–Trinajstić information content (AvgIpc) is 2.58. The number of nitrogens with zero attached hydrogens (tertiary/aromatic N) is 1. The van der Waals surface area contributed by atoms with Crippen molar-refractivity contribution in [2.24, 2.45) is 11.7 Å². The van der Waals surface area contributed by atoms with Gasteiger partial charge in [0.05, 0.1) is 6.04 Å². The monoisotopic (exact) mass is 229 g/mol. The summed E-state index contributed by atoms with van der Waals surface area (Å²) in [6.45, 7) is 6.67. The van der Waals surface area contributed by atoms with Crippen LogP contribution in [0.3, 0.4) is 0 Å². The van der Waals surface area contributed by atoms with Crippen molar-refractivity contribution >= 4 is 17.7 Å². The van der Waals surface area contributed by atoms with Gasteiger partial charge < -0.3 is 16.0 Å². The van der Waals surface area contributed by atoms with Crippen molar-refractivity contribution in [1.82, 2.24) is 10.2 Å². The number of hydrogen-bond acceptors (Lipinski definition) is 4. The van der Waals surface area contributed by atoms with E-state index in [2.05, 4.69) is 5.32 Å². The molecule has 15 heavy (non-hydrogen) atoms. The molecule has 2 rings (SSSR count). The lowest BCUT2D eigenvalue weighted by atomic mass is 10.0. The van der Waals surface area contributed by atoms with E-state index in [0.717, 1.165) is 25.4 Å². The molecule has 5 heteroatoms. The summed E-state index contributed by atoms with van der Waals surface area (Å²) in [6.07, 6.45) is 0. The highest BCUT2D eigenvalue weighted by molar-refractivity contribution is 8.01. The Hall–Kier alpha value is -0.260. The van der Waals surface area contributed by atoms with E-state index < -0.39 is 0 Å². The number of carbonyl (C=O) groups is 1. The third-order valence-electron chi connectivity index (χ3n) is 3.25. The predicted molar refractivity (Wildman–Crippen MR) is 62.6 cm³/mol. The van der Waals surface area contributed by atoms with Crippen molar-refractivity contribution in [3.8, 4) is 0 Å². The first-order valence-corrected chi connectivity index (χ1v) is 6.47.